The summed E-state index contributed by atoms with van der Waals surface area (Å²) >= 11 is 3.39. The SMILES string of the molecule is Cc1ccc(NC(=O)OCC(C)C)c(Br)c1. The molecule has 0 heterocycles. The molecule has 0 aromatic heterocycles. The molecule has 1 aromatic carbocycles. The van der Waals surface area contributed by atoms with Gasteiger partial charge in [0.2, 0.25) is 0 Å². The first-order valence-corrected chi connectivity index (χ1v) is 5.98. The average Bonchev–Trinajstić information content (AvgIpc) is 2.19. The van der Waals surface area contributed by atoms with Crippen molar-refractivity contribution in [2.75, 3.05) is 11.9 Å². The predicted molar refractivity (Wildman–Crippen MR) is 68.7 cm³/mol. The normalized spacial score (nSPS) is 10.3. The molecule has 0 unspecified atom stereocenters. The smallest absolute Gasteiger partial charge is 0.411 e. The predicted octanol–water partition coefficient (Wildman–Crippen LogP) is 3.96. The zero-order chi connectivity index (χ0) is 12.1. The fourth-order valence-electron chi connectivity index (χ4n) is 1.11. The number of aryl methyl sites for hydroxylation is 1. The number of anilines is 1. The molecule has 0 bridgehead atoms. The maximum Gasteiger partial charge on any atom is 0.411 e. The van der Waals surface area contributed by atoms with Crippen molar-refractivity contribution in [3.8, 4) is 0 Å². The lowest BCUT2D eigenvalue weighted by Gasteiger charge is -2.10. The van der Waals surface area contributed by atoms with Crippen LogP contribution in [0.15, 0.2) is 22.7 Å². The van der Waals surface area contributed by atoms with Crippen LogP contribution in [0.25, 0.3) is 0 Å². The summed E-state index contributed by atoms with van der Waals surface area (Å²) in [6.07, 6.45) is -0.418. The number of ether oxygens (including phenoxy) is 1. The molecule has 1 aromatic rings. The molecule has 88 valence electrons. The van der Waals surface area contributed by atoms with E-state index in [0.29, 0.717) is 12.5 Å². The first-order chi connectivity index (χ1) is 7.49. The van der Waals surface area contributed by atoms with Crippen LogP contribution in [-0.4, -0.2) is 12.7 Å². The molecular formula is C12H16BrNO2. The van der Waals surface area contributed by atoms with Crippen molar-refractivity contribution in [1.82, 2.24) is 0 Å². The Morgan fingerprint density at radius 1 is 1.50 bits per heavy atom. The lowest BCUT2D eigenvalue weighted by atomic mass is 10.2. The molecule has 1 N–H and O–H groups in total. The summed E-state index contributed by atoms with van der Waals surface area (Å²) in [5, 5.41) is 2.68. The topological polar surface area (TPSA) is 38.3 Å². The number of hydrogen-bond acceptors (Lipinski definition) is 2. The maximum atomic E-state index is 11.4. The number of carbonyl (C=O) groups excluding carboxylic acids is 1. The van der Waals surface area contributed by atoms with Gasteiger partial charge in [-0.3, -0.25) is 5.32 Å². The third kappa shape index (κ3) is 4.23. The highest BCUT2D eigenvalue weighted by atomic mass is 79.9. The number of hydrogen-bond donors (Lipinski definition) is 1. The van der Waals surface area contributed by atoms with E-state index in [4.69, 9.17) is 4.74 Å². The van der Waals surface area contributed by atoms with Crippen molar-refractivity contribution in [2.24, 2.45) is 5.92 Å². The van der Waals surface area contributed by atoms with E-state index < -0.39 is 6.09 Å². The highest BCUT2D eigenvalue weighted by molar-refractivity contribution is 9.10. The Hall–Kier alpha value is -1.03. The van der Waals surface area contributed by atoms with Gasteiger partial charge in [0, 0.05) is 4.47 Å². The first kappa shape index (κ1) is 13.0. The fourth-order valence-corrected chi connectivity index (χ4v) is 1.70. The minimum atomic E-state index is -0.418. The van der Waals surface area contributed by atoms with Gasteiger partial charge in [0.1, 0.15) is 0 Å². The second-order valence-electron chi connectivity index (χ2n) is 4.10. The van der Waals surface area contributed by atoms with Gasteiger partial charge in [-0.25, -0.2) is 4.79 Å². The van der Waals surface area contributed by atoms with Crippen LogP contribution in [0.2, 0.25) is 0 Å². The van der Waals surface area contributed by atoms with Crippen LogP contribution in [0, 0.1) is 12.8 Å². The average molecular weight is 286 g/mol. The molecule has 0 fully saturated rings. The Morgan fingerprint density at radius 2 is 2.19 bits per heavy atom. The number of carbonyl (C=O) groups is 1. The monoisotopic (exact) mass is 285 g/mol. The first-order valence-electron chi connectivity index (χ1n) is 5.19. The molecule has 4 heteroatoms. The molecule has 0 aliphatic heterocycles. The maximum absolute atomic E-state index is 11.4. The van der Waals surface area contributed by atoms with E-state index in [0.717, 1.165) is 15.7 Å². The molecule has 0 spiro atoms. The summed E-state index contributed by atoms with van der Waals surface area (Å²) in [5.41, 5.74) is 1.85. The third-order valence-corrected chi connectivity index (χ3v) is 2.57. The van der Waals surface area contributed by atoms with Crippen molar-refractivity contribution in [3.63, 3.8) is 0 Å². The summed E-state index contributed by atoms with van der Waals surface area (Å²) in [7, 11) is 0. The molecule has 0 aliphatic rings. The Labute approximate surface area is 104 Å². The van der Waals surface area contributed by atoms with Gasteiger partial charge < -0.3 is 4.74 Å². The van der Waals surface area contributed by atoms with Gasteiger partial charge in [0.15, 0.2) is 0 Å². The highest BCUT2D eigenvalue weighted by Crippen LogP contribution is 2.23. The van der Waals surface area contributed by atoms with Crippen LogP contribution >= 0.6 is 15.9 Å². The van der Waals surface area contributed by atoms with E-state index in [2.05, 4.69) is 21.2 Å². The number of halogens is 1. The summed E-state index contributed by atoms with van der Waals surface area (Å²) in [4.78, 5) is 11.4. The molecular weight excluding hydrogens is 270 g/mol. The van der Waals surface area contributed by atoms with Gasteiger partial charge in [-0.2, -0.15) is 0 Å². The number of rotatable bonds is 3. The molecule has 0 saturated carbocycles. The largest absolute Gasteiger partial charge is 0.449 e. The van der Waals surface area contributed by atoms with E-state index >= 15 is 0 Å². The van der Waals surface area contributed by atoms with Crippen LogP contribution in [0.1, 0.15) is 19.4 Å². The van der Waals surface area contributed by atoms with Crippen molar-refractivity contribution in [1.29, 1.82) is 0 Å². The second-order valence-corrected chi connectivity index (χ2v) is 4.95. The molecule has 0 aliphatic carbocycles. The number of amides is 1. The number of benzene rings is 1. The zero-order valence-electron chi connectivity index (χ0n) is 9.71. The van der Waals surface area contributed by atoms with E-state index in [9.17, 15) is 4.79 Å². The van der Waals surface area contributed by atoms with E-state index in [1.54, 1.807) is 0 Å². The van der Waals surface area contributed by atoms with Crippen LogP contribution in [0.3, 0.4) is 0 Å². The Balaban J connectivity index is 2.56. The molecule has 0 saturated heterocycles. The minimum absolute atomic E-state index is 0.340. The zero-order valence-corrected chi connectivity index (χ0v) is 11.3. The van der Waals surface area contributed by atoms with E-state index in [1.807, 2.05) is 39.0 Å². The third-order valence-electron chi connectivity index (χ3n) is 1.91. The van der Waals surface area contributed by atoms with Crippen LogP contribution < -0.4 is 5.32 Å². The Morgan fingerprint density at radius 3 is 2.75 bits per heavy atom. The van der Waals surface area contributed by atoms with Gasteiger partial charge in [-0.1, -0.05) is 19.9 Å². The molecule has 3 nitrogen and oxygen atoms in total. The quantitative estimate of drug-likeness (QED) is 0.913. The lowest BCUT2D eigenvalue weighted by Crippen LogP contribution is -2.16. The fraction of sp³-hybridized carbons (Fsp3) is 0.417. The van der Waals surface area contributed by atoms with Crippen molar-refractivity contribution in [2.45, 2.75) is 20.8 Å². The van der Waals surface area contributed by atoms with Crippen molar-refractivity contribution in [3.05, 3.63) is 28.2 Å². The summed E-state index contributed by atoms with van der Waals surface area (Å²) in [6.45, 7) is 6.41. The van der Waals surface area contributed by atoms with Crippen LogP contribution in [0.5, 0.6) is 0 Å². The Bertz CT molecular complexity index is 377. The molecule has 16 heavy (non-hydrogen) atoms. The molecule has 0 radical (unpaired) electrons. The molecule has 1 rings (SSSR count). The lowest BCUT2D eigenvalue weighted by molar-refractivity contribution is 0.147. The standard InChI is InChI=1S/C12H16BrNO2/c1-8(2)7-16-12(15)14-11-5-4-9(3)6-10(11)13/h4-6,8H,7H2,1-3H3,(H,14,15). The van der Waals surface area contributed by atoms with Crippen molar-refractivity contribution < 1.29 is 9.53 Å². The second kappa shape index (κ2) is 5.89. The van der Waals surface area contributed by atoms with Gasteiger partial charge >= 0.3 is 6.09 Å². The van der Waals surface area contributed by atoms with Gasteiger partial charge in [0.25, 0.3) is 0 Å². The summed E-state index contributed by atoms with van der Waals surface area (Å²) < 4.78 is 5.88. The molecule has 1 amide bonds. The van der Waals surface area contributed by atoms with Gasteiger partial charge in [0.05, 0.1) is 12.3 Å². The van der Waals surface area contributed by atoms with Gasteiger partial charge in [-0.15, -0.1) is 0 Å². The van der Waals surface area contributed by atoms with Crippen molar-refractivity contribution >= 4 is 27.7 Å². The van der Waals surface area contributed by atoms with Crippen LogP contribution in [-0.2, 0) is 4.74 Å². The molecule has 0 atom stereocenters. The summed E-state index contributed by atoms with van der Waals surface area (Å²) in [6, 6.07) is 5.72. The van der Waals surface area contributed by atoms with Crippen LogP contribution in [0.4, 0.5) is 10.5 Å². The van der Waals surface area contributed by atoms with E-state index in [-0.39, 0.29) is 0 Å². The highest BCUT2D eigenvalue weighted by Gasteiger charge is 2.07. The number of nitrogens with one attached hydrogen (secondary N) is 1. The van der Waals surface area contributed by atoms with Gasteiger partial charge in [-0.05, 0) is 46.5 Å². The minimum Gasteiger partial charge on any atom is -0.449 e. The Kier molecular flexibility index (Phi) is 4.80. The summed E-state index contributed by atoms with van der Waals surface area (Å²) in [5.74, 6) is 0.340. The van der Waals surface area contributed by atoms with E-state index in [1.165, 1.54) is 0 Å².